The minimum absolute atomic E-state index is 0.0975. The van der Waals surface area contributed by atoms with Gasteiger partial charge < -0.3 is 10.1 Å². The van der Waals surface area contributed by atoms with Crippen LogP contribution in [0.15, 0.2) is 24.3 Å². The van der Waals surface area contributed by atoms with Crippen molar-refractivity contribution in [1.82, 2.24) is 9.97 Å². The van der Waals surface area contributed by atoms with E-state index in [1.54, 1.807) is 0 Å². The van der Waals surface area contributed by atoms with Crippen molar-refractivity contribution in [3.63, 3.8) is 0 Å². The van der Waals surface area contributed by atoms with E-state index in [4.69, 9.17) is 5.11 Å². The molecule has 100 valence electrons. The molecule has 0 radical (unpaired) electrons. The normalized spacial score (nSPS) is 17.9. The number of carboxylic acids is 1. The Morgan fingerprint density at radius 3 is 2.74 bits per heavy atom. The molecule has 2 N–H and O–H groups in total. The number of benzene rings is 1. The maximum atomic E-state index is 11.1. The van der Waals surface area contributed by atoms with Crippen molar-refractivity contribution in [3.8, 4) is 0 Å². The van der Waals surface area contributed by atoms with Crippen molar-refractivity contribution in [2.75, 3.05) is 0 Å². The summed E-state index contributed by atoms with van der Waals surface area (Å²) >= 11 is 0. The summed E-state index contributed by atoms with van der Waals surface area (Å²) in [6, 6.07) is 7.93. The zero-order chi connectivity index (χ0) is 13.3. The molecule has 1 fully saturated rings. The lowest BCUT2D eigenvalue weighted by molar-refractivity contribution is -0.139. The molecule has 1 heterocycles. The van der Waals surface area contributed by atoms with Gasteiger partial charge >= 0.3 is 5.97 Å². The van der Waals surface area contributed by atoms with Crippen LogP contribution in [0, 0.1) is 5.41 Å². The lowest BCUT2D eigenvalue weighted by atomic mass is 9.79. The number of hydrogen-bond donors (Lipinski definition) is 2. The number of imidazole rings is 1. The number of para-hydroxylation sites is 2. The fraction of sp³-hybridized carbons (Fsp3) is 0.467. The Balaban J connectivity index is 1.87. The van der Waals surface area contributed by atoms with Gasteiger partial charge in [0.1, 0.15) is 5.82 Å². The van der Waals surface area contributed by atoms with E-state index in [0.717, 1.165) is 49.0 Å². The van der Waals surface area contributed by atoms with Crippen molar-refractivity contribution in [3.05, 3.63) is 30.1 Å². The molecule has 0 aliphatic heterocycles. The van der Waals surface area contributed by atoms with Gasteiger partial charge in [-0.3, -0.25) is 4.79 Å². The van der Waals surface area contributed by atoms with E-state index in [-0.39, 0.29) is 11.8 Å². The number of H-pyrrole nitrogens is 1. The summed E-state index contributed by atoms with van der Waals surface area (Å²) in [4.78, 5) is 19.0. The highest BCUT2D eigenvalue weighted by molar-refractivity contribution is 5.74. The summed E-state index contributed by atoms with van der Waals surface area (Å²) in [7, 11) is 0. The quantitative estimate of drug-likeness (QED) is 0.885. The molecular weight excluding hydrogens is 240 g/mol. The number of nitrogens with zero attached hydrogens (tertiary/aromatic N) is 1. The van der Waals surface area contributed by atoms with Crippen LogP contribution in [0.1, 0.15) is 37.9 Å². The van der Waals surface area contributed by atoms with E-state index in [0.29, 0.717) is 0 Å². The summed E-state index contributed by atoms with van der Waals surface area (Å²) in [5.74, 6) is 0.224. The molecule has 1 aromatic carbocycles. The first-order valence-electron chi connectivity index (χ1n) is 6.82. The first kappa shape index (κ1) is 12.2. The molecule has 1 saturated carbocycles. The molecule has 1 aromatic heterocycles. The number of carboxylic acid groups (broad SMARTS) is 1. The van der Waals surface area contributed by atoms with Gasteiger partial charge in [0.25, 0.3) is 0 Å². The molecule has 1 aliphatic rings. The summed E-state index contributed by atoms with van der Waals surface area (Å²) < 4.78 is 0. The molecule has 19 heavy (non-hydrogen) atoms. The average Bonchev–Trinajstić information content (AvgIpc) is 2.94. The summed E-state index contributed by atoms with van der Waals surface area (Å²) in [5, 5.41) is 9.13. The molecule has 1 aliphatic carbocycles. The molecule has 0 spiro atoms. The minimum Gasteiger partial charge on any atom is -0.481 e. The second-order valence-electron chi connectivity index (χ2n) is 5.66. The zero-order valence-electron chi connectivity index (χ0n) is 10.9. The van der Waals surface area contributed by atoms with E-state index in [1.165, 1.54) is 0 Å². The fourth-order valence-electron chi connectivity index (χ4n) is 3.31. The van der Waals surface area contributed by atoms with Gasteiger partial charge in [-0.05, 0) is 30.4 Å². The van der Waals surface area contributed by atoms with Crippen LogP contribution in [0.25, 0.3) is 11.0 Å². The molecule has 0 atom stereocenters. The van der Waals surface area contributed by atoms with Gasteiger partial charge in [0.15, 0.2) is 0 Å². The number of carbonyl (C=O) groups is 1. The van der Waals surface area contributed by atoms with Crippen LogP contribution in [0.2, 0.25) is 0 Å². The van der Waals surface area contributed by atoms with Gasteiger partial charge in [0, 0.05) is 6.42 Å². The van der Waals surface area contributed by atoms with Crippen molar-refractivity contribution >= 4 is 17.0 Å². The van der Waals surface area contributed by atoms with E-state index >= 15 is 0 Å². The van der Waals surface area contributed by atoms with Crippen LogP contribution in [0.5, 0.6) is 0 Å². The van der Waals surface area contributed by atoms with Gasteiger partial charge in [-0.2, -0.15) is 0 Å². The number of nitrogens with one attached hydrogen (secondary N) is 1. The highest BCUT2D eigenvalue weighted by Crippen LogP contribution is 2.43. The third kappa shape index (κ3) is 2.48. The molecule has 0 bridgehead atoms. The van der Waals surface area contributed by atoms with Gasteiger partial charge in [0.2, 0.25) is 0 Å². The van der Waals surface area contributed by atoms with Crippen LogP contribution in [-0.4, -0.2) is 21.0 Å². The van der Waals surface area contributed by atoms with Crippen LogP contribution in [0.4, 0.5) is 0 Å². The van der Waals surface area contributed by atoms with Crippen molar-refractivity contribution in [2.24, 2.45) is 5.41 Å². The second-order valence-corrected chi connectivity index (χ2v) is 5.66. The lowest BCUT2D eigenvalue weighted by Gasteiger charge is -2.25. The summed E-state index contributed by atoms with van der Waals surface area (Å²) in [6.45, 7) is 0. The van der Waals surface area contributed by atoms with Crippen LogP contribution in [-0.2, 0) is 11.2 Å². The highest BCUT2D eigenvalue weighted by atomic mass is 16.4. The Hall–Kier alpha value is -1.84. The number of fused-ring (bicyclic) bond motifs is 1. The van der Waals surface area contributed by atoms with E-state index < -0.39 is 5.97 Å². The molecule has 4 nitrogen and oxygen atoms in total. The maximum absolute atomic E-state index is 11.1. The number of rotatable bonds is 4. The van der Waals surface area contributed by atoms with Crippen molar-refractivity contribution in [1.29, 1.82) is 0 Å². The summed E-state index contributed by atoms with van der Waals surface area (Å²) in [6.07, 6.45) is 5.26. The third-order valence-electron chi connectivity index (χ3n) is 4.17. The lowest BCUT2D eigenvalue weighted by Crippen LogP contribution is -2.24. The molecule has 0 unspecified atom stereocenters. The number of hydrogen-bond acceptors (Lipinski definition) is 2. The largest absolute Gasteiger partial charge is 0.481 e. The number of aliphatic carboxylic acids is 1. The Morgan fingerprint density at radius 2 is 2.05 bits per heavy atom. The molecule has 0 amide bonds. The van der Waals surface area contributed by atoms with Crippen molar-refractivity contribution < 1.29 is 9.90 Å². The van der Waals surface area contributed by atoms with Gasteiger partial charge in [-0.15, -0.1) is 0 Å². The van der Waals surface area contributed by atoms with Crippen LogP contribution >= 0.6 is 0 Å². The molecule has 4 heteroatoms. The smallest absolute Gasteiger partial charge is 0.303 e. The van der Waals surface area contributed by atoms with Crippen molar-refractivity contribution in [2.45, 2.75) is 38.5 Å². The first-order chi connectivity index (χ1) is 9.17. The van der Waals surface area contributed by atoms with Crippen LogP contribution < -0.4 is 0 Å². The third-order valence-corrected chi connectivity index (χ3v) is 4.17. The van der Waals surface area contributed by atoms with Crippen LogP contribution in [0.3, 0.4) is 0 Å². The topological polar surface area (TPSA) is 66.0 Å². The predicted molar refractivity (Wildman–Crippen MR) is 73.0 cm³/mol. The number of aromatic nitrogens is 2. The van der Waals surface area contributed by atoms with Gasteiger partial charge in [-0.1, -0.05) is 25.0 Å². The maximum Gasteiger partial charge on any atom is 0.303 e. The van der Waals surface area contributed by atoms with Gasteiger partial charge in [-0.25, -0.2) is 4.98 Å². The summed E-state index contributed by atoms with van der Waals surface area (Å²) in [5.41, 5.74) is 1.89. The Kier molecular flexibility index (Phi) is 3.01. The fourth-order valence-corrected chi connectivity index (χ4v) is 3.31. The number of aromatic amines is 1. The highest BCUT2D eigenvalue weighted by Gasteiger charge is 2.36. The molecular formula is C15H18N2O2. The van der Waals surface area contributed by atoms with E-state index in [1.807, 2.05) is 24.3 Å². The molecule has 3 rings (SSSR count). The van der Waals surface area contributed by atoms with E-state index in [2.05, 4.69) is 9.97 Å². The Bertz CT molecular complexity index is 564. The molecule has 0 saturated heterocycles. The first-order valence-corrected chi connectivity index (χ1v) is 6.82. The standard InChI is InChI=1S/C15H18N2O2/c18-14(19)10-15(7-3-4-8-15)9-13-16-11-5-1-2-6-12(11)17-13/h1-2,5-6H,3-4,7-10H2,(H,16,17)(H,18,19). The SMILES string of the molecule is O=C(O)CC1(Cc2nc3ccccc3[nH]2)CCCC1. The average molecular weight is 258 g/mol. The zero-order valence-corrected chi connectivity index (χ0v) is 10.9. The van der Waals surface area contributed by atoms with E-state index in [9.17, 15) is 4.79 Å². The van der Waals surface area contributed by atoms with Gasteiger partial charge in [0.05, 0.1) is 17.5 Å². The predicted octanol–water partition coefficient (Wildman–Crippen LogP) is 3.14. The Labute approximate surface area is 111 Å². The second kappa shape index (κ2) is 4.68. The monoisotopic (exact) mass is 258 g/mol. The molecule has 2 aromatic rings. The Morgan fingerprint density at radius 1 is 1.32 bits per heavy atom. The minimum atomic E-state index is -0.696.